The molecule has 10 heteroatoms. The smallest absolute Gasteiger partial charge is 0.255 e. The maximum atomic E-state index is 12.8. The third kappa shape index (κ3) is 6.75. The molecule has 2 heterocycles. The minimum absolute atomic E-state index is 0.203. The molecule has 0 aliphatic rings. The minimum Gasteiger partial charge on any atom is -0.493 e. The molecule has 0 aliphatic heterocycles. The Balaban J connectivity index is 1.50. The lowest BCUT2D eigenvalue weighted by Crippen LogP contribution is -2.20. The molecule has 190 valence electrons. The van der Waals surface area contributed by atoms with Crippen LogP contribution in [0, 0.1) is 0 Å². The average Bonchev–Trinajstić information content (AvgIpc) is 3.34. The Bertz CT molecular complexity index is 1400. The maximum absolute atomic E-state index is 12.8. The molecule has 0 atom stereocenters. The van der Waals surface area contributed by atoms with E-state index in [2.05, 4.69) is 20.5 Å². The number of nitrogens with one attached hydrogen (secondary N) is 3. The summed E-state index contributed by atoms with van der Waals surface area (Å²) in [6, 6.07) is 17.2. The molecule has 4 N–H and O–H groups in total. The van der Waals surface area contributed by atoms with Crippen molar-refractivity contribution in [2.45, 2.75) is 29.1 Å². The van der Waals surface area contributed by atoms with E-state index in [9.17, 15) is 9.59 Å². The van der Waals surface area contributed by atoms with Crippen LogP contribution in [0.15, 0.2) is 70.6 Å². The Hall–Kier alpha value is -4.15. The van der Waals surface area contributed by atoms with Crippen molar-refractivity contribution in [2.75, 3.05) is 13.7 Å². The van der Waals surface area contributed by atoms with E-state index in [-0.39, 0.29) is 12.3 Å². The second-order valence-electron chi connectivity index (χ2n) is 8.06. The fourth-order valence-corrected chi connectivity index (χ4v) is 4.68. The molecule has 0 radical (unpaired) electrons. The van der Waals surface area contributed by atoms with Gasteiger partial charge in [0.15, 0.2) is 0 Å². The predicted octanol–water partition coefficient (Wildman–Crippen LogP) is 4.69. The van der Waals surface area contributed by atoms with Crippen LogP contribution in [0.5, 0.6) is 5.75 Å². The minimum atomic E-state index is -0.435. The Kier molecular flexibility index (Phi) is 8.90. The number of hydroxylamine groups is 1. The van der Waals surface area contributed by atoms with Crippen LogP contribution in [0.4, 0.5) is 0 Å². The third-order valence-electron chi connectivity index (χ3n) is 5.51. The monoisotopic (exact) mass is 517 g/mol. The number of amides is 2. The predicted molar refractivity (Wildman–Crippen MR) is 142 cm³/mol. The molecule has 0 spiro atoms. The number of aromatic nitrogens is 3. The van der Waals surface area contributed by atoms with Crippen LogP contribution in [0.1, 0.15) is 41.0 Å². The quantitative estimate of drug-likeness (QED) is 0.129. The van der Waals surface area contributed by atoms with Crippen LogP contribution in [-0.2, 0) is 4.79 Å². The van der Waals surface area contributed by atoms with Gasteiger partial charge in [0.05, 0.1) is 29.1 Å². The molecular formula is C27H27N5O4S. The topological polar surface area (TPSA) is 129 Å². The molecular weight excluding hydrogens is 490 g/mol. The Labute approximate surface area is 218 Å². The molecule has 2 amide bonds. The van der Waals surface area contributed by atoms with Gasteiger partial charge < -0.3 is 10.1 Å². The van der Waals surface area contributed by atoms with E-state index >= 15 is 0 Å². The van der Waals surface area contributed by atoms with Crippen molar-refractivity contribution in [3.63, 3.8) is 0 Å². The lowest BCUT2D eigenvalue weighted by Gasteiger charge is -2.14. The highest BCUT2D eigenvalue weighted by Crippen LogP contribution is 2.36. The zero-order valence-electron chi connectivity index (χ0n) is 20.2. The van der Waals surface area contributed by atoms with Crippen molar-refractivity contribution in [1.29, 1.82) is 0 Å². The van der Waals surface area contributed by atoms with Gasteiger partial charge in [-0.05, 0) is 67.5 Å². The number of unbranched alkanes of at least 4 members (excludes halogenated alkanes) is 1. The van der Waals surface area contributed by atoms with Crippen molar-refractivity contribution >= 4 is 46.6 Å². The van der Waals surface area contributed by atoms with Gasteiger partial charge in [0, 0.05) is 34.8 Å². The highest BCUT2D eigenvalue weighted by molar-refractivity contribution is 7.99. The van der Waals surface area contributed by atoms with Gasteiger partial charge in [0.2, 0.25) is 5.91 Å². The Morgan fingerprint density at radius 3 is 2.78 bits per heavy atom. The van der Waals surface area contributed by atoms with Crippen LogP contribution < -0.4 is 15.5 Å². The summed E-state index contributed by atoms with van der Waals surface area (Å²) in [5.74, 6) is -0.210. The number of nitrogens with zero attached hydrogens (tertiary/aromatic N) is 2. The van der Waals surface area contributed by atoms with Gasteiger partial charge in [-0.2, -0.15) is 5.10 Å². The molecule has 4 aromatic rings. The van der Waals surface area contributed by atoms with Gasteiger partial charge in [-0.25, -0.2) is 5.48 Å². The normalized spacial score (nSPS) is 11.1. The second kappa shape index (κ2) is 12.7. The number of fused-ring (bicyclic) bond motifs is 1. The number of hydrogen-bond acceptors (Lipinski definition) is 7. The highest BCUT2D eigenvalue weighted by Gasteiger charge is 2.18. The molecule has 37 heavy (non-hydrogen) atoms. The van der Waals surface area contributed by atoms with E-state index in [1.165, 1.54) is 11.8 Å². The van der Waals surface area contributed by atoms with Gasteiger partial charge in [-0.15, -0.1) is 0 Å². The zero-order chi connectivity index (χ0) is 26.0. The molecule has 0 saturated carbocycles. The van der Waals surface area contributed by atoms with Crippen LogP contribution in [0.2, 0.25) is 0 Å². The number of aromatic amines is 1. The SMILES string of the molecule is CNC(=O)c1c(OCCCCC(=O)NO)cccc1Sc1ccc2c(C=Cc3ccccn3)n[nH]c2c1. The third-order valence-corrected chi connectivity index (χ3v) is 6.56. The molecule has 0 saturated heterocycles. The van der Waals surface area contributed by atoms with E-state index in [4.69, 9.17) is 9.94 Å². The number of hydrogen-bond donors (Lipinski definition) is 4. The molecule has 4 rings (SSSR count). The molecule has 2 aromatic carbocycles. The summed E-state index contributed by atoms with van der Waals surface area (Å²) in [4.78, 5) is 29.9. The van der Waals surface area contributed by atoms with E-state index in [0.717, 1.165) is 32.1 Å². The lowest BCUT2D eigenvalue weighted by atomic mass is 10.2. The molecule has 9 nitrogen and oxygen atoms in total. The van der Waals surface area contributed by atoms with Gasteiger partial charge in [-0.3, -0.25) is 24.9 Å². The first-order valence-electron chi connectivity index (χ1n) is 11.7. The van der Waals surface area contributed by atoms with Crippen molar-refractivity contribution in [3.8, 4) is 5.75 Å². The van der Waals surface area contributed by atoms with E-state index in [1.54, 1.807) is 24.8 Å². The fourth-order valence-electron chi connectivity index (χ4n) is 3.67. The summed E-state index contributed by atoms with van der Waals surface area (Å²) >= 11 is 1.46. The molecule has 0 aliphatic carbocycles. The first-order valence-corrected chi connectivity index (χ1v) is 12.6. The maximum Gasteiger partial charge on any atom is 0.255 e. The first kappa shape index (κ1) is 25.9. The first-order chi connectivity index (χ1) is 18.1. The summed E-state index contributed by atoms with van der Waals surface area (Å²) in [5, 5.41) is 19.8. The van der Waals surface area contributed by atoms with Crippen molar-refractivity contribution in [2.24, 2.45) is 0 Å². The number of pyridine rings is 1. The van der Waals surface area contributed by atoms with Gasteiger partial charge in [0.1, 0.15) is 5.75 Å². The molecule has 0 fully saturated rings. The van der Waals surface area contributed by atoms with Crippen LogP contribution in [0.25, 0.3) is 23.1 Å². The Morgan fingerprint density at radius 1 is 1.11 bits per heavy atom. The Morgan fingerprint density at radius 2 is 2.00 bits per heavy atom. The van der Waals surface area contributed by atoms with Gasteiger partial charge in [0.25, 0.3) is 5.91 Å². The van der Waals surface area contributed by atoms with Gasteiger partial charge in [-0.1, -0.05) is 23.9 Å². The summed E-state index contributed by atoms with van der Waals surface area (Å²) in [5.41, 5.74) is 4.61. The van der Waals surface area contributed by atoms with Crippen LogP contribution in [-0.4, -0.2) is 45.9 Å². The average molecular weight is 518 g/mol. The summed E-state index contributed by atoms with van der Waals surface area (Å²) in [7, 11) is 1.58. The number of carbonyl (C=O) groups is 2. The van der Waals surface area contributed by atoms with E-state index in [0.29, 0.717) is 30.8 Å². The number of carbonyl (C=O) groups excluding carboxylic acids is 2. The molecule has 0 bridgehead atoms. The number of H-pyrrole nitrogens is 1. The molecule has 0 unspecified atom stereocenters. The summed E-state index contributed by atoms with van der Waals surface area (Å²) in [6.45, 7) is 0.339. The van der Waals surface area contributed by atoms with E-state index < -0.39 is 5.91 Å². The van der Waals surface area contributed by atoms with Crippen LogP contribution in [0.3, 0.4) is 0 Å². The second-order valence-corrected chi connectivity index (χ2v) is 9.17. The standard InChI is InChI=1S/C27H27N5O4S/c1-28-27(34)26-23(36-16-5-3-10-25(33)32-35)8-6-9-24(26)37-19-12-13-20-21(30-31-22(20)17-19)14-11-18-7-2-4-15-29-18/h2,4,6-9,11-15,17,35H,3,5,10,16H2,1H3,(H,28,34)(H,30,31)(H,32,33). The molecule has 2 aromatic heterocycles. The zero-order valence-corrected chi connectivity index (χ0v) is 21.0. The number of benzene rings is 2. The van der Waals surface area contributed by atoms with Crippen molar-refractivity contribution in [1.82, 2.24) is 26.0 Å². The number of rotatable bonds is 11. The summed E-state index contributed by atoms with van der Waals surface area (Å²) < 4.78 is 5.89. The largest absolute Gasteiger partial charge is 0.493 e. The van der Waals surface area contributed by atoms with E-state index in [1.807, 2.05) is 60.7 Å². The highest BCUT2D eigenvalue weighted by atomic mass is 32.2. The number of ether oxygens (including phenoxy) is 1. The van der Waals surface area contributed by atoms with Crippen LogP contribution >= 0.6 is 11.8 Å². The lowest BCUT2D eigenvalue weighted by molar-refractivity contribution is -0.129. The van der Waals surface area contributed by atoms with Gasteiger partial charge >= 0.3 is 0 Å². The van der Waals surface area contributed by atoms with Crippen molar-refractivity contribution in [3.05, 3.63) is 77.7 Å². The fraction of sp³-hybridized carbons (Fsp3) is 0.185. The van der Waals surface area contributed by atoms with Crippen molar-refractivity contribution < 1.29 is 19.5 Å². The summed E-state index contributed by atoms with van der Waals surface area (Å²) in [6.07, 6.45) is 6.95.